The van der Waals surface area contributed by atoms with Crippen LogP contribution in [0.2, 0.25) is 0 Å². The van der Waals surface area contributed by atoms with E-state index in [9.17, 15) is 9.59 Å². The van der Waals surface area contributed by atoms with Crippen molar-refractivity contribution in [2.45, 2.75) is 13.5 Å². The Hall–Kier alpha value is -2.15. The molecule has 120 valence electrons. The number of likely N-dealkylation sites (N-methyl/N-ethyl adjacent to an activating group) is 1. The number of ether oxygens (including phenoxy) is 1. The summed E-state index contributed by atoms with van der Waals surface area (Å²) in [7, 11) is 1.60. The van der Waals surface area contributed by atoms with Gasteiger partial charge in [-0.05, 0) is 6.07 Å². The van der Waals surface area contributed by atoms with Gasteiger partial charge < -0.3 is 19.9 Å². The number of rotatable bonds is 5. The molecule has 2 heterocycles. The molecule has 7 heteroatoms. The van der Waals surface area contributed by atoms with Crippen LogP contribution in [0.5, 0.6) is 0 Å². The predicted octanol–water partition coefficient (Wildman–Crippen LogP) is 0.0127. The monoisotopic (exact) mass is 306 g/mol. The molecule has 0 aliphatic carbocycles. The molecule has 1 aromatic heterocycles. The maximum Gasteiger partial charge on any atom is 0.239 e. The number of carbonyl (C=O) groups is 2. The minimum atomic E-state index is -0.186. The molecule has 0 radical (unpaired) electrons. The fourth-order valence-electron chi connectivity index (χ4n) is 2.20. The highest BCUT2D eigenvalue weighted by atomic mass is 16.5. The number of carbonyl (C=O) groups excluding carboxylic acids is 2. The van der Waals surface area contributed by atoms with Gasteiger partial charge in [0.05, 0.1) is 19.8 Å². The van der Waals surface area contributed by atoms with Gasteiger partial charge in [0, 0.05) is 45.4 Å². The lowest BCUT2D eigenvalue weighted by Crippen LogP contribution is -2.39. The Balaban J connectivity index is 1.95. The Morgan fingerprint density at radius 1 is 1.41 bits per heavy atom. The molecule has 1 fully saturated rings. The molecular weight excluding hydrogens is 284 g/mol. The fraction of sp³-hybridized carbons (Fsp3) is 0.533. The third-order valence-corrected chi connectivity index (χ3v) is 3.57. The Morgan fingerprint density at radius 2 is 2.14 bits per heavy atom. The van der Waals surface area contributed by atoms with Crippen molar-refractivity contribution in [1.82, 2.24) is 15.2 Å². The summed E-state index contributed by atoms with van der Waals surface area (Å²) in [5, 5.41) is 2.83. The molecule has 22 heavy (non-hydrogen) atoms. The van der Waals surface area contributed by atoms with Gasteiger partial charge in [0.15, 0.2) is 0 Å². The maximum atomic E-state index is 11.9. The Kier molecular flexibility index (Phi) is 5.71. The van der Waals surface area contributed by atoms with E-state index < -0.39 is 0 Å². The average Bonchev–Trinajstić information content (AvgIpc) is 2.54. The first-order chi connectivity index (χ1) is 10.6. The third kappa shape index (κ3) is 4.42. The van der Waals surface area contributed by atoms with Crippen LogP contribution in [0.4, 0.5) is 5.82 Å². The molecule has 0 bridgehead atoms. The van der Waals surface area contributed by atoms with E-state index in [1.807, 2.05) is 12.1 Å². The molecule has 2 amide bonds. The number of hydrogen-bond donors (Lipinski definition) is 1. The van der Waals surface area contributed by atoms with E-state index in [0.29, 0.717) is 19.8 Å². The van der Waals surface area contributed by atoms with E-state index in [1.165, 1.54) is 11.8 Å². The van der Waals surface area contributed by atoms with Crippen LogP contribution in [0.1, 0.15) is 12.5 Å². The van der Waals surface area contributed by atoms with Crippen molar-refractivity contribution in [2.24, 2.45) is 0 Å². The van der Waals surface area contributed by atoms with Gasteiger partial charge in [0.2, 0.25) is 11.8 Å². The zero-order valence-corrected chi connectivity index (χ0v) is 13.0. The van der Waals surface area contributed by atoms with E-state index >= 15 is 0 Å². The molecule has 0 saturated carbocycles. The van der Waals surface area contributed by atoms with Crippen molar-refractivity contribution >= 4 is 17.6 Å². The molecule has 2 rings (SSSR count). The molecule has 1 aliphatic heterocycles. The molecule has 7 nitrogen and oxygen atoms in total. The van der Waals surface area contributed by atoms with Gasteiger partial charge in [-0.15, -0.1) is 0 Å². The van der Waals surface area contributed by atoms with E-state index in [-0.39, 0.29) is 18.4 Å². The van der Waals surface area contributed by atoms with Gasteiger partial charge in [0.25, 0.3) is 0 Å². The first kappa shape index (κ1) is 16.2. The fourth-order valence-corrected chi connectivity index (χ4v) is 2.20. The summed E-state index contributed by atoms with van der Waals surface area (Å²) in [4.78, 5) is 31.0. The first-order valence-corrected chi connectivity index (χ1v) is 7.33. The molecule has 1 saturated heterocycles. The lowest BCUT2D eigenvalue weighted by atomic mass is 10.2. The van der Waals surface area contributed by atoms with Crippen LogP contribution >= 0.6 is 0 Å². The largest absolute Gasteiger partial charge is 0.378 e. The van der Waals surface area contributed by atoms with Crippen LogP contribution in [0.25, 0.3) is 0 Å². The number of aromatic nitrogens is 1. The standard InChI is InChI=1S/C15H22N4O3/c1-12(20)18(2)11-14(21)17-10-13-4-3-5-16-15(13)19-6-8-22-9-7-19/h3-5H,6-11H2,1-2H3,(H,17,21). The zero-order chi connectivity index (χ0) is 15.9. The second-order valence-corrected chi connectivity index (χ2v) is 5.24. The molecule has 1 aliphatic rings. The Morgan fingerprint density at radius 3 is 2.82 bits per heavy atom. The summed E-state index contributed by atoms with van der Waals surface area (Å²) in [6, 6.07) is 3.81. The van der Waals surface area contributed by atoms with E-state index in [4.69, 9.17) is 4.74 Å². The molecule has 1 aromatic rings. The minimum Gasteiger partial charge on any atom is -0.378 e. The molecule has 0 unspecified atom stereocenters. The number of pyridine rings is 1. The highest BCUT2D eigenvalue weighted by molar-refractivity contribution is 5.83. The molecule has 0 aromatic carbocycles. The van der Waals surface area contributed by atoms with Crippen LogP contribution < -0.4 is 10.2 Å². The first-order valence-electron chi connectivity index (χ1n) is 7.33. The molecule has 1 N–H and O–H groups in total. The second-order valence-electron chi connectivity index (χ2n) is 5.24. The predicted molar refractivity (Wildman–Crippen MR) is 82.4 cm³/mol. The zero-order valence-electron chi connectivity index (χ0n) is 13.0. The number of nitrogens with one attached hydrogen (secondary N) is 1. The van der Waals surface area contributed by atoms with Crippen LogP contribution in [0.3, 0.4) is 0 Å². The van der Waals surface area contributed by atoms with Crippen LogP contribution in [-0.2, 0) is 20.9 Å². The minimum absolute atomic E-state index is 0.0580. The highest BCUT2D eigenvalue weighted by Crippen LogP contribution is 2.18. The van der Waals surface area contributed by atoms with Crippen molar-refractivity contribution in [3.63, 3.8) is 0 Å². The second kappa shape index (κ2) is 7.74. The summed E-state index contributed by atoms with van der Waals surface area (Å²) < 4.78 is 5.35. The lowest BCUT2D eigenvalue weighted by molar-refractivity contribution is -0.133. The van der Waals surface area contributed by atoms with Crippen molar-refractivity contribution in [2.75, 3.05) is 44.8 Å². The van der Waals surface area contributed by atoms with Crippen molar-refractivity contribution < 1.29 is 14.3 Å². The van der Waals surface area contributed by atoms with Crippen LogP contribution in [0, 0.1) is 0 Å². The maximum absolute atomic E-state index is 11.9. The number of hydrogen-bond acceptors (Lipinski definition) is 5. The van der Waals surface area contributed by atoms with Crippen molar-refractivity contribution in [1.29, 1.82) is 0 Å². The van der Waals surface area contributed by atoms with Gasteiger partial charge >= 0.3 is 0 Å². The normalized spacial score (nSPS) is 14.5. The quantitative estimate of drug-likeness (QED) is 0.829. The van der Waals surface area contributed by atoms with Gasteiger partial charge in [-0.1, -0.05) is 6.07 Å². The molecule has 0 atom stereocenters. The van der Waals surface area contributed by atoms with Crippen LogP contribution in [-0.4, -0.2) is 61.6 Å². The van der Waals surface area contributed by atoms with Gasteiger partial charge in [-0.25, -0.2) is 4.98 Å². The highest BCUT2D eigenvalue weighted by Gasteiger charge is 2.16. The topological polar surface area (TPSA) is 74.8 Å². The Bertz CT molecular complexity index is 529. The smallest absolute Gasteiger partial charge is 0.239 e. The summed E-state index contributed by atoms with van der Waals surface area (Å²) in [6.45, 7) is 4.85. The average molecular weight is 306 g/mol. The van der Waals surface area contributed by atoms with Gasteiger partial charge in [0.1, 0.15) is 5.82 Å². The van der Waals surface area contributed by atoms with E-state index in [0.717, 1.165) is 24.5 Å². The van der Waals surface area contributed by atoms with Gasteiger partial charge in [-0.2, -0.15) is 0 Å². The molecule has 0 spiro atoms. The SMILES string of the molecule is CC(=O)N(C)CC(=O)NCc1cccnc1N1CCOCC1. The number of amides is 2. The summed E-state index contributed by atoms with van der Waals surface area (Å²) >= 11 is 0. The van der Waals surface area contributed by atoms with Crippen molar-refractivity contribution in [3.05, 3.63) is 23.9 Å². The Labute approximate surface area is 130 Å². The number of morpholine rings is 1. The summed E-state index contributed by atoms with van der Waals surface area (Å²) in [5.41, 5.74) is 0.961. The van der Waals surface area contributed by atoms with E-state index in [2.05, 4.69) is 15.2 Å². The summed E-state index contributed by atoms with van der Waals surface area (Å²) in [6.07, 6.45) is 1.75. The number of nitrogens with zero attached hydrogens (tertiary/aromatic N) is 3. The number of anilines is 1. The van der Waals surface area contributed by atoms with Gasteiger partial charge in [-0.3, -0.25) is 9.59 Å². The third-order valence-electron chi connectivity index (χ3n) is 3.57. The van der Waals surface area contributed by atoms with Crippen molar-refractivity contribution in [3.8, 4) is 0 Å². The van der Waals surface area contributed by atoms with Crippen LogP contribution in [0.15, 0.2) is 18.3 Å². The summed E-state index contributed by atoms with van der Waals surface area (Å²) in [5.74, 6) is 0.561. The van der Waals surface area contributed by atoms with E-state index in [1.54, 1.807) is 13.2 Å². The molecular formula is C15H22N4O3. The lowest BCUT2D eigenvalue weighted by Gasteiger charge is -2.29.